The van der Waals surface area contributed by atoms with Crippen molar-refractivity contribution in [2.45, 2.75) is 17.8 Å². The molecule has 0 unspecified atom stereocenters. The van der Waals surface area contributed by atoms with E-state index < -0.39 is 0 Å². The van der Waals surface area contributed by atoms with Crippen LogP contribution < -0.4 is 16.1 Å². The second-order valence-electron chi connectivity index (χ2n) is 7.58. The summed E-state index contributed by atoms with van der Waals surface area (Å²) in [5, 5.41) is 9.38. The van der Waals surface area contributed by atoms with Crippen LogP contribution in [0.4, 0.5) is 4.39 Å². The molecule has 3 aromatic carbocycles. The second kappa shape index (κ2) is 9.59. The fourth-order valence-electron chi connectivity index (χ4n) is 3.70. The highest BCUT2D eigenvalue weighted by molar-refractivity contribution is 7.98. The molecule has 0 aliphatic heterocycles. The average molecular weight is 489 g/mol. The Balaban J connectivity index is 1.48. The van der Waals surface area contributed by atoms with E-state index in [2.05, 4.69) is 10.2 Å². The van der Waals surface area contributed by atoms with Gasteiger partial charge >= 0.3 is 0 Å². The van der Waals surface area contributed by atoms with E-state index in [4.69, 9.17) is 15.6 Å². The highest BCUT2D eigenvalue weighted by Gasteiger charge is 2.17. The molecule has 2 N–H and O–H groups in total. The molecular formula is C25H21FN6O2S. The van der Waals surface area contributed by atoms with Gasteiger partial charge in [0.15, 0.2) is 5.82 Å². The Bertz CT molecular complexity index is 1550. The SMILES string of the molecule is CCOc1ccc(-c2nnc(SCc3nc4ccccc4c(=O)n3-c3ccc(F)cc3)n2N)cc1. The Hall–Kier alpha value is -4.18. The predicted molar refractivity (Wildman–Crippen MR) is 134 cm³/mol. The van der Waals surface area contributed by atoms with Gasteiger partial charge in [-0.2, -0.15) is 0 Å². The van der Waals surface area contributed by atoms with Gasteiger partial charge in [-0.3, -0.25) is 9.36 Å². The van der Waals surface area contributed by atoms with E-state index in [1.165, 1.54) is 33.1 Å². The van der Waals surface area contributed by atoms with Gasteiger partial charge in [0, 0.05) is 5.56 Å². The van der Waals surface area contributed by atoms with Gasteiger partial charge in [-0.15, -0.1) is 10.2 Å². The molecule has 0 fully saturated rings. The van der Waals surface area contributed by atoms with E-state index in [0.29, 0.717) is 40.0 Å². The maximum absolute atomic E-state index is 13.5. The summed E-state index contributed by atoms with van der Waals surface area (Å²) in [4.78, 5) is 18.0. The molecule has 2 aromatic heterocycles. The van der Waals surface area contributed by atoms with Crippen LogP contribution in [-0.2, 0) is 5.75 Å². The number of halogens is 1. The number of fused-ring (bicyclic) bond motifs is 1. The van der Waals surface area contributed by atoms with Crippen LogP contribution in [0.3, 0.4) is 0 Å². The molecule has 35 heavy (non-hydrogen) atoms. The first-order valence-electron chi connectivity index (χ1n) is 10.9. The summed E-state index contributed by atoms with van der Waals surface area (Å²) in [7, 11) is 0. The number of nitrogens with two attached hydrogens (primary N) is 1. The van der Waals surface area contributed by atoms with E-state index >= 15 is 0 Å². The van der Waals surface area contributed by atoms with Gasteiger partial charge in [0.1, 0.15) is 17.4 Å². The van der Waals surface area contributed by atoms with E-state index in [1.54, 1.807) is 30.3 Å². The summed E-state index contributed by atoms with van der Waals surface area (Å²) in [5.41, 5.74) is 1.66. The van der Waals surface area contributed by atoms with E-state index in [-0.39, 0.29) is 17.1 Å². The summed E-state index contributed by atoms with van der Waals surface area (Å²) in [6.45, 7) is 2.51. The first-order chi connectivity index (χ1) is 17.0. The number of para-hydroxylation sites is 1. The third kappa shape index (κ3) is 4.47. The molecule has 5 rings (SSSR count). The van der Waals surface area contributed by atoms with Crippen LogP contribution in [-0.4, -0.2) is 31.0 Å². The van der Waals surface area contributed by atoms with Crippen LogP contribution in [0.1, 0.15) is 12.7 Å². The molecule has 2 heterocycles. The molecule has 5 aromatic rings. The molecule has 0 radical (unpaired) electrons. The highest BCUT2D eigenvalue weighted by Crippen LogP contribution is 2.26. The zero-order valence-electron chi connectivity index (χ0n) is 18.8. The Morgan fingerprint density at radius 3 is 2.49 bits per heavy atom. The van der Waals surface area contributed by atoms with Crippen LogP contribution in [0.15, 0.2) is 82.7 Å². The van der Waals surface area contributed by atoms with Crippen molar-refractivity contribution in [3.8, 4) is 22.8 Å². The van der Waals surface area contributed by atoms with Crippen molar-refractivity contribution in [1.29, 1.82) is 0 Å². The lowest BCUT2D eigenvalue weighted by molar-refractivity contribution is 0.340. The number of aromatic nitrogens is 5. The van der Waals surface area contributed by atoms with Crippen molar-refractivity contribution >= 4 is 22.7 Å². The molecule has 0 bridgehead atoms. The Morgan fingerprint density at radius 1 is 1.00 bits per heavy atom. The number of hydrogen-bond acceptors (Lipinski definition) is 7. The first kappa shape index (κ1) is 22.6. The molecule has 8 nitrogen and oxygen atoms in total. The van der Waals surface area contributed by atoms with Gasteiger partial charge in [-0.1, -0.05) is 23.9 Å². The molecular weight excluding hydrogens is 467 g/mol. The molecule has 0 saturated carbocycles. The van der Waals surface area contributed by atoms with Gasteiger partial charge in [0.25, 0.3) is 5.56 Å². The van der Waals surface area contributed by atoms with Gasteiger partial charge < -0.3 is 10.6 Å². The largest absolute Gasteiger partial charge is 0.494 e. The van der Waals surface area contributed by atoms with Gasteiger partial charge in [-0.05, 0) is 67.6 Å². The normalized spacial score (nSPS) is 11.1. The van der Waals surface area contributed by atoms with Crippen LogP contribution in [0, 0.1) is 5.82 Å². The zero-order chi connectivity index (χ0) is 24.4. The topological polar surface area (TPSA) is 101 Å². The standard InChI is InChI=1S/C25H21FN6O2S/c1-2-34-19-13-7-16(8-14-19)23-29-30-25(32(23)27)35-15-22-28-21-6-4-3-5-20(21)24(33)31(22)18-11-9-17(26)10-12-18/h3-14H,2,15,27H2,1H3. The molecule has 176 valence electrons. The number of thioether (sulfide) groups is 1. The van der Waals surface area contributed by atoms with Crippen molar-refractivity contribution in [3.05, 3.63) is 94.8 Å². The Kier molecular flexibility index (Phi) is 6.19. The summed E-state index contributed by atoms with van der Waals surface area (Å²) in [6, 6.07) is 20.3. The number of ether oxygens (including phenoxy) is 1. The molecule has 10 heteroatoms. The van der Waals surface area contributed by atoms with Gasteiger partial charge in [-0.25, -0.2) is 14.1 Å². The first-order valence-corrected chi connectivity index (χ1v) is 11.9. The van der Waals surface area contributed by atoms with Crippen molar-refractivity contribution < 1.29 is 9.13 Å². The maximum Gasteiger partial charge on any atom is 0.265 e. The third-order valence-electron chi connectivity index (χ3n) is 5.35. The van der Waals surface area contributed by atoms with Gasteiger partial charge in [0.05, 0.1) is 29.0 Å². The predicted octanol–water partition coefficient (Wildman–Crippen LogP) is 4.19. The minimum absolute atomic E-state index is 0.234. The smallest absolute Gasteiger partial charge is 0.265 e. The molecule has 0 spiro atoms. The maximum atomic E-state index is 13.5. The van der Waals surface area contributed by atoms with Crippen LogP contribution in [0.2, 0.25) is 0 Å². The van der Waals surface area contributed by atoms with Crippen LogP contribution in [0.25, 0.3) is 28.0 Å². The van der Waals surface area contributed by atoms with Crippen LogP contribution >= 0.6 is 11.8 Å². The fraction of sp³-hybridized carbons (Fsp3) is 0.120. The monoisotopic (exact) mass is 488 g/mol. The summed E-state index contributed by atoms with van der Waals surface area (Å²) in [5.74, 6) is 7.93. The van der Waals surface area contributed by atoms with Crippen molar-refractivity contribution in [2.24, 2.45) is 0 Å². The minimum Gasteiger partial charge on any atom is -0.494 e. The zero-order valence-corrected chi connectivity index (χ0v) is 19.6. The Labute approximate surface area is 204 Å². The van der Waals surface area contributed by atoms with E-state index in [0.717, 1.165) is 11.3 Å². The summed E-state index contributed by atoms with van der Waals surface area (Å²) in [6.07, 6.45) is 0. The second-order valence-corrected chi connectivity index (χ2v) is 8.53. The molecule has 0 aliphatic rings. The highest BCUT2D eigenvalue weighted by atomic mass is 32.2. The quantitative estimate of drug-likeness (QED) is 0.271. The van der Waals surface area contributed by atoms with Crippen molar-refractivity contribution in [2.75, 3.05) is 12.4 Å². The number of rotatable bonds is 7. The summed E-state index contributed by atoms with van der Waals surface area (Å²) < 4.78 is 21.9. The van der Waals surface area contributed by atoms with Crippen molar-refractivity contribution in [1.82, 2.24) is 24.4 Å². The van der Waals surface area contributed by atoms with Crippen molar-refractivity contribution in [3.63, 3.8) is 0 Å². The number of benzene rings is 3. The lowest BCUT2D eigenvalue weighted by atomic mass is 10.2. The molecule has 0 aliphatic carbocycles. The number of hydrogen-bond donors (Lipinski definition) is 1. The Morgan fingerprint density at radius 2 is 1.74 bits per heavy atom. The number of nitrogen functional groups attached to an aromatic ring is 1. The van der Waals surface area contributed by atoms with Gasteiger partial charge in [0.2, 0.25) is 5.16 Å². The molecule has 0 amide bonds. The van der Waals surface area contributed by atoms with E-state index in [1.807, 2.05) is 37.3 Å². The average Bonchev–Trinajstić information content (AvgIpc) is 3.24. The lowest BCUT2D eigenvalue weighted by Crippen LogP contribution is -2.23. The molecule has 0 saturated heterocycles. The number of nitrogens with zero attached hydrogens (tertiary/aromatic N) is 5. The molecule has 0 atom stereocenters. The summed E-state index contributed by atoms with van der Waals surface area (Å²) >= 11 is 1.30. The fourth-order valence-corrected chi connectivity index (χ4v) is 4.48. The van der Waals surface area contributed by atoms with Crippen LogP contribution in [0.5, 0.6) is 5.75 Å². The third-order valence-corrected chi connectivity index (χ3v) is 6.29. The lowest BCUT2D eigenvalue weighted by Gasteiger charge is -2.13. The minimum atomic E-state index is -0.385. The van der Waals surface area contributed by atoms with E-state index in [9.17, 15) is 9.18 Å².